The second-order valence-electron chi connectivity index (χ2n) is 3.73. The van der Waals surface area contributed by atoms with Gasteiger partial charge in [0.2, 0.25) is 0 Å². The van der Waals surface area contributed by atoms with Crippen molar-refractivity contribution in [3.63, 3.8) is 0 Å². The number of ether oxygens (including phenoxy) is 1. The molecule has 0 aliphatic rings. The van der Waals surface area contributed by atoms with Crippen molar-refractivity contribution < 1.29 is 23.1 Å². The van der Waals surface area contributed by atoms with Crippen LogP contribution in [0.25, 0.3) is 0 Å². The predicted octanol–water partition coefficient (Wildman–Crippen LogP) is 1.67. The molecule has 1 N–H and O–H groups in total. The molecule has 0 bridgehead atoms. The Hall–Kier alpha value is -0.760. The summed E-state index contributed by atoms with van der Waals surface area (Å²) in [6, 6.07) is 2.58. The standard InChI is InChI=1S/C11H13ClO5S2/c1-17-11(14)9(13)6-4-7(12)10(18-2)8(5-6)19(3,15)16/h4-5,9,13H,1-3H3. The highest BCUT2D eigenvalue weighted by Gasteiger charge is 2.24. The lowest BCUT2D eigenvalue weighted by Crippen LogP contribution is -2.14. The first kappa shape index (κ1) is 16.3. The highest BCUT2D eigenvalue weighted by molar-refractivity contribution is 7.99. The lowest BCUT2D eigenvalue weighted by molar-refractivity contribution is -0.150. The van der Waals surface area contributed by atoms with Gasteiger partial charge in [-0.1, -0.05) is 11.6 Å². The normalized spacial score (nSPS) is 13.1. The molecule has 0 aromatic heterocycles. The summed E-state index contributed by atoms with van der Waals surface area (Å²) in [5.41, 5.74) is 0.0788. The van der Waals surface area contributed by atoms with Gasteiger partial charge in [0.25, 0.3) is 0 Å². The summed E-state index contributed by atoms with van der Waals surface area (Å²) in [4.78, 5) is 11.6. The second kappa shape index (κ2) is 6.13. The number of aliphatic hydroxyl groups excluding tert-OH is 1. The minimum Gasteiger partial charge on any atom is -0.467 e. The molecular weight excluding hydrogens is 312 g/mol. The van der Waals surface area contributed by atoms with E-state index in [0.717, 1.165) is 13.4 Å². The van der Waals surface area contributed by atoms with Crippen molar-refractivity contribution in [1.82, 2.24) is 0 Å². The number of hydrogen-bond donors (Lipinski definition) is 1. The van der Waals surface area contributed by atoms with Gasteiger partial charge >= 0.3 is 5.97 Å². The summed E-state index contributed by atoms with van der Waals surface area (Å²) < 4.78 is 27.8. The molecule has 19 heavy (non-hydrogen) atoms. The van der Waals surface area contributed by atoms with Crippen LogP contribution in [0, 0.1) is 0 Å². The monoisotopic (exact) mass is 324 g/mol. The molecule has 1 unspecified atom stereocenters. The summed E-state index contributed by atoms with van der Waals surface area (Å²) in [5.74, 6) is -0.882. The first-order chi connectivity index (χ1) is 8.72. The predicted molar refractivity (Wildman–Crippen MR) is 73.3 cm³/mol. The van der Waals surface area contributed by atoms with Gasteiger partial charge in [0.15, 0.2) is 15.9 Å². The molecule has 8 heteroatoms. The van der Waals surface area contributed by atoms with E-state index in [0.29, 0.717) is 4.90 Å². The zero-order valence-corrected chi connectivity index (χ0v) is 12.9. The molecule has 0 aliphatic carbocycles. The molecule has 0 saturated heterocycles. The third-order valence-electron chi connectivity index (χ3n) is 2.38. The van der Waals surface area contributed by atoms with E-state index >= 15 is 0 Å². The molecule has 0 heterocycles. The van der Waals surface area contributed by atoms with Crippen molar-refractivity contribution in [2.24, 2.45) is 0 Å². The molecule has 0 amide bonds. The number of hydrogen-bond acceptors (Lipinski definition) is 6. The second-order valence-corrected chi connectivity index (χ2v) is 6.94. The van der Waals surface area contributed by atoms with Gasteiger partial charge in [-0.2, -0.15) is 0 Å². The van der Waals surface area contributed by atoms with E-state index in [1.807, 2.05) is 0 Å². The zero-order chi connectivity index (χ0) is 14.8. The Labute approximate surface area is 120 Å². The van der Waals surface area contributed by atoms with Crippen LogP contribution in [0.4, 0.5) is 0 Å². The first-order valence-corrected chi connectivity index (χ1v) is 8.55. The van der Waals surface area contributed by atoms with E-state index in [-0.39, 0.29) is 15.5 Å². The smallest absolute Gasteiger partial charge is 0.339 e. The van der Waals surface area contributed by atoms with E-state index in [1.165, 1.54) is 23.9 Å². The van der Waals surface area contributed by atoms with Gasteiger partial charge in [0, 0.05) is 11.2 Å². The molecule has 0 aliphatic heterocycles. The van der Waals surface area contributed by atoms with Gasteiger partial charge in [-0.3, -0.25) is 0 Å². The summed E-state index contributed by atoms with van der Waals surface area (Å²) in [5, 5.41) is 9.89. The SMILES string of the molecule is COC(=O)C(O)c1cc(Cl)c(SC)c(S(C)(=O)=O)c1. The average Bonchev–Trinajstić information content (AvgIpc) is 2.34. The van der Waals surface area contributed by atoms with Crippen LogP contribution in [0.1, 0.15) is 11.7 Å². The Balaban J connectivity index is 3.48. The average molecular weight is 325 g/mol. The third-order valence-corrected chi connectivity index (χ3v) is 4.88. The zero-order valence-electron chi connectivity index (χ0n) is 10.5. The maximum Gasteiger partial charge on any atom is 0.339 e. The van der Waals surface area contributed by atoms with Crippen molar-refractivity contribution in [1.29, 1.82) is 0 Å². The summed E-state index contributed by atoms with van der Waals surface area (Å²) >= 11 is 7.16. The Morgan fingerprint density at radius 2 is 2.05 bits per heavy atom. The molecule has 1 aromatic rings. The van der Waals surface area contributed by atoms with Crippen molar-refractivity contribution >= 4 is 39.2 Å². The Morgan fingerprint density at radius 1 is 1.47 bits per heavy atom. The number of sulfone groups is 1. The van der Waals surface area contributed by atoms with E-state index in [2.05, 4.69) is 4.74 Å². The molecule has 5 nitrogen and oxygen atoms in total. The van der Waals surface area contributed by atoms with Crippen LogP contribution in [0.2, 0.25) is 5.02 Å². The van der Waals surface area contributed by atoms with E-state index in [9.17, 15) is 18.3 Å². The topological polar surface area (TPSA) is 80.7 Å². The molecule has 1 rings (SSSR count). The molecule has 0 spiro atoms. The minimum atomic E-state index is -3.53. The van der Waals surface area contributed by atoms with Gasteiger partial charge < -0.3 is 9.84 Å². The molecule has 0 saturated carbocycles. The number of thioether (sulfide) groups is 1. The highest BCUT2D eigenvalue weighted by Crippen LogP contribution is 2.35. The Morgan fingerprint density at radius 3 is 2.47 bits per heavy atom. The Kier molecular flexibility index (Phi) is 5.26. The van der Waals surface area contributed by atoms with Crippen molar-refractivity contribution in [3.8, 4) is 0 Å². The molecule has 1 aromatic carbocycles. The van der Waals surface area contributed by atoms with Crippen LogP contribution in [-0.4, -0.2) is 39.1 Å². The fourth-order valence-electron chi connectivity index (χ4n) is 1.47. The lowest BCUT2D eigenvalue weighted by Gasteiger charge is -2.14. The van der Waals surface area contributed by atoms with Crippen LogP contribution in [0.15, 0.2) is 21.9 Å². The van der Waals surface area contributed by atoms with Gasteiger partial charge in [0.1, 0.15) is 0 Å². The number of methoxy groups -OCH3 is 1. The summed E-state index contributed by atoms with van der Waals surface area (Å²) in [6.45, 7) is 0. The van der Waals surface area contributed by atoms with Crippen molar-refractivity contribution in [2.45, 2.75) is 15.9 Å². The number of rotatable bonds is 4. The van der Waals surface area contributed by atoms with Crippen LogP contribution in [0.5, 0.6) is 0 Å². The number of carbonyl (C=O) groups excluding carboxylic acids is 1. The van der Waals surface area contributed by atoms with Crippen LogP contribution >= 0.6 is 23.4 Å². The fourth-order valence-corrected chi connectivity index (χ4v) is 4.00. The van der Waals surface area contributed by atoms with E-state index in [4.69, 9.17) is 11.6 Å². The van der Waals surface area contributed by atoms with Gasteiger partial charge in [-0.25, -0.2) is 13.2 Å². The number of esters is 1. The van der Waals surface area contributed by atoms with Gasteiger partial charge in [-0.15, -0.1) is 11.8 Å². The molecule has 0 fully saturated rings. The molecule has 0 radical (unpaired) electrons. The first-order valence-electron chi connectivity index (χ1n) is 5.05. The fraction of sp³-hybridized carbons (Fsp3) is 0.364. The number of halogens is 1. The quantitative estimate of drug-likeness (QED) is 0.670. The van der Waals surface area contributed by atoms with Crippen LogP contribution < -0.4 is 0 Å². The number of carbonyl (C=O) groups is 1. The van der Waals surface area contributed by atoms with Crippen LogP contribution in [-0.2, 0) is 19.4 Å². The maximum atomic E-state index is 11.7. The summed E-state index contributed by atoms with van der Waals surface area (Å²) in [6.07, 6.45) is 1.15. The largest absolute Gasteiger partial charge is 0.467 e. The van der Waals surface area contributed by atoms with E-state index in [1.54, 1.807) is 6.26 Å². The maximum absolute atomic E-state index is 11.7. The highest BCUT2D eigenvalue weighted by atomic mass is 35.5. The summed E-state index contributed by atoms with van der Waals surface area (Å²) in [7, 11) is -2.40. The van der Waals surface area contributed by atoms with Crippen molar-refractivity contribution in [3.05, 3.63) is 22.7 Å². The van der Waals surface area contributed by atoms with Gasteiger partial charge in [0.05, 0.1) is 17.0 Å². The molecule has 1 atom stereocenters. The van der Waals surface area contributed by atoms with Crippen LogP contribution in [0.3, 0.4) is 0 Å². The Bertz CT molecular complexity index is 597. The molecule has 106 valence electrons. The number of aliphatic hydroxyl groups is 1. The molecular formula is C11H13ClO5S2. The van der Waals surface area contributed by atoms with E-state index < -0.39 is 21.9 Å². The lowest BCUT2D eigenvalue weighted by atomic mass is 10.1. The van der Waals surface area contributed by atoms with Crippen molar-refractivity contribution in [2.75, 3.05) is 19.6 Å². The number of benzene rings is 1. The third kappa shape index (κ3) is 3.62. The minimum absolute atomic E-state index is 0.0227. The van der Waals surface area contributed by atoms with Gasteiger partial charge in [-0.05, 0) is 24.0 Å².